The lowest BCUT2D eigenvalue weighted by molar-refractivity contribution is -0.148. The van der Waals surface area contributed by atoms with Crippen LogP contribution < -0.4 is 0 Å². The lowest BCUT2D eigenvalue weighted by Crippen LogP contribution is -2.11. The second-order valence-electron chi connectivity index (χ2n) is 3.80. The van der Waals surface area contributed by atoms with Gasteiger partial charge in [0.05, 0.1) is 0 Å². The molecule has 0 heterocycles. The molecule has 0 atom stereocenters. The van der Waals surface area contributed by atoms with Gasteiger partial charge in [-0.15, -0.1) is 0 Å². The number of carboxylic acids is 1. The zero-order valence-electron chi connectivity index (χ0n) is 10.3. The van der Waals surface area contributed by atoms with E-state index in [1.807, 2.05) is 13.0 Å². The van der Waals surface area contributed by atoms with E-state index in [1.54, 1.807) is 24.3 Å². The van der Waals surface area contributed by atoms with E-state index in [-0.39, 0.29) is 12.2 Å². The van der Waals surface area contributed by atoms with Gasteiger partial charge in [-0.3, -0.25) is 4.79 Å². The lowest BCUT2D eigenvalue weighted by Gasteiger charge is -2.04. The molecule has 1 rings (SSSR count). The van der Waals surface area contributed by atoms with Crippen LogP contribution in [0.25, 0.3) is 6.08 Å². The molecule has 18 heavy (non-hydrogen) atoms. The van der Waals surface area contributed by atoms with Crippen molar-refractivity contribution in [2.75, 3.05) is 0 Å². The number of ether oxygens (including phenoxy) is 1. The van der Waals surface area contributed by atoms with E-state index < -0.39 is 11.9 Å². The normalized spacial score (nSPS) is 11.1. The molecule has 1 N–H and O–H groups in total. The number of hydrogen-bond acceptors (Lipinski definition) is 3. The first-order valence-corrected chi connectivity index (χ1v) is 5.84. The summed E-state index contributed by atoms with van der Waals surface area (Å²) in [6, 6.07) is 8.87. The molecular weight excluding hydrogens is 232 g/mol. The molecule has 0 aliphatic rings. The minimum absolute atomic E-state index is 0.232. The molecule has 0 radical (unpaired) electrons. The fraction of sp³-hybridized carbons (Fsp3) is 0.286. The van der Waals surface area contributed by atoms with Gasteiger partial charge in [0.25, 0.3) is 0 Å². The monoisotopic (exact) mass is 248 g/mol. The van der Waals surface area contributed by atoms with Gasteiger partial charge in [-0.25, -0.2) is 4.79 Å². The molecule has 0 saturated heterocycles. The maximum absolute atomic E-state index is 11.4. The number of hydrogen-bond donors (Lipinski definition) is 1. The number of aliphatic carboxylic acids is 1. The van der Waals surface area contributed by atoms with Crippen molar-refractivity contribution >= 4 is 18.0 Å². The number of carbonyl (C=O) groups excluding carboxylic acids is 1. The minimum Gasteiger partial charge on any atom is -0.475 e. The Hall–Kier alpha value is -2.10. The third-order valence-electron chi connectivity index (χ3n) is 2.27. The van der Waals surface area contributed by atoms with Crippen molar-refractivity contribution in [3.05, 3.63) is 41.7 Å². The van der Waals surface area contributed by atoms with Crippen LogP contribution in [0, 0.1) is 0 Å². The van der Waals surface area contributed by atoms with E-state index in [0.717, 1.165) is 6.42 Å². The van der Waals surface area contributed by atoms with Gasteiger partial charge in [0, 0.05) is 6.42 Å². The molecule has 0 fully saturated rings. The Morgan fingerprint density at radius 3 is 2.50 bits per heavy atom. The zero-order valence-corrected chi connectivity index (χ0v) is 10.3. The van der Waals surface area contributed by atoms with E-state index in [4.69, 9.17) is 9.84 Å². The highest BCUT2D eigenvalue weighted by atomic mass is 16.6. The summed E-state index contributed by atoms with van der Waals surface area (Å²) in [5, 5.41) is 8.96. The molecule has 1 aromatic carbocycles. The summed E-state index contributed by atoms with van der Waals surface area (Å²) in [6.07, 6.45) is 3.12. The Labute approximate surface area is 106 Å². The Kier molecular flexibility index (Phi) is 5.64. The van der Waals surface area contributed by atoms with Crippen molar-refractivity contribution in [2.45, 2.75) is 26.2 Å². The molecule has 96 valence electrons. The van der Waals surface area contributed by atoms with E-state index in [9.17, 15) is 9.59 Å². The van der Waals surface area contributed by atoms with Gasteiger partial charge in [0.2, 0.25) is 5.76 Å². The highest BCUT2D eigenvalue weighted by molar-refractivity contribution is 5.92. The largest absolute Gasteiger partial charge is 0.475 e. The predicted molar refractivity (Wildman–Crippen MR) is 67.7 cm³/mol. The van der Waals surface area contributed by atoms with Crippen molar-refractivity contribution in [1.29, 1.82) is 0 Å². The molecule has 0 amide bonds. The maximum atomic E-state index is 11.4. The average molecular weight is 248 g/mol. The predicted octanol–water partition coefficient (Wildman–Crippen LogP) is 2.85. The van der Waals surface area contributed by atoms with Crippen LogP contribution >= 0.6 is 0 Å². The molecule has 4 heteroatoms. The summed E-state index contributed by atoms with van der Waals surface area (Å²) in [5.74, 6) is -2.10. The van der Waals surface area contributed by atoms with Crippen LogP contribution in [0.2, 0.25) is 0 Å². The molecular formula is C14H16O4. The summed E-state index contributed by atoms with van der Waals surface area (Å²) in [5.41, 5.74) is 0.679. The summed E-state index contributed by atoms with van der Waals surface area (Å²) in [7, 11) is 0. The molecule has 0 bridgehead atoms. The molecule has 1 aromatic rings. The highest BCUT2D eigenvalue weighted by Crippen LogP contribution is 2.10. The number of unbranched alkanes of at least 4 members (excludes halogenated alkanes) is 1. The van der Waals surface area contributed by atoms with E-state index in [1.165, 1.54) is 6.08 Å². The minimum atomic E-state index is -1.25. The van der Waals surface area contributed by atoms with E-state index >= 15 is 0 Å². The van der Waals surface area contributed by atoms with Gasteiger partial charge in [0.1, 0.15) is 0 Å². The van der Waals surface area contributed by atoms with Gasteiger partial charge in [-0.05, 0) is 18.1 Å². The van der Waals surface area contributed by atoms with Gasteiger partial charge in [-0.2, -0.15) is 0 Å². The summed E-state index contributed by atoms with van der Waals surface area (Å²) in [6.45, 7) is 1.95. The SMILES string of the molecule is CCCCC(=O)OC(=Cc1ccccc1)C(=O)O. The number of esters is 1. The molecule has 0 unspecified atom stereocenters. The highest BCUT2D eigenvalue weighted by Gasteiger charge is 2.13. The van der Waals surface area contributed by atoms with Crippen molar-refractivity contribution in [2.24, 2.45) is 0 Å². The van der Waals surface area contributed by atoms with E-state index in [0.29, 0.717) is 12.0 Å². The summed E-state index contributed by atoms with van der Waals surface area (Å²) >= 11 is 0. The number of rotatable bonds is 6. The summed E-state index contributed by atoms with van der Waals surface area (Å²) < 4.78 is 4.84. The third kappa shape index (κ3) is 4.82. The molecule has 0 spiro atoms. The van der Waals surface area contributed by atoms with Gasteiger partial charge in [0.15, 0.2) is 0 Å². The van der Waals surface area contributed by atoms with Crippen LogP contribution in [0.1, 0.15) is 31.7 Å². The molecule has 0 aromatic heterocycles. The topological polar surface area (TPSA) is 63.6 Å². The van der Waals surface area contributed by atoms with Crippen molar-refractivity contribution in [3.63, 3.8) is 0 Å². The first-order valence-electron chi connectivity index (χ1n) is 5.84. The zero-order chi connectivity index (χ0) is 13.4. The van der Waals surface area contributed by atoms with Crippen LogP contribution in [0.5, 0.6) is 0 Å². The first kappa shape index (κ1) is 14.0. The summed E-state index contributed by atoms with van der Waals surface area (Å²) in [4.78, 5) is 22.3. The fourth-order valence-electron chi connectivity index (χ4n) is 1.33. The van der Waals surface area contributed by atoms with Crippen molar-refractivity contribution in [1.82, 2.24) is 0 Å². The Morgan fingerprint density at radius 2 is 1.94 bits per heavy atom. The fourth-order valence-corrected chi connectivity index (χ4v) is 1.33. The van der Waals surface area contributed by atoms with Crippen molar-refractivity contribution < 1.29 is 19.4 Å². The molecule has 0 aliphatic carbocycles. The third-order valence-corrected chi connectivity index (χ3v) is 2.27. The number of benzene rings is 1. The van der Waals surface area contributed by atoms with Crippen molar-refractivity contribution in [3.8, 4) is 0 Å². The Balaban J connectivity index is 2.75. The maximum Gasteiger partial charge on any atom is 0.371 e. The lowest BCUT2D eigenvalue weighted by atomic mass is 10.2. The van der Waals surface area contributed by atoms with Crippen LogP contribution in [0.15, 0.2) is 36.1 Å². The molecule has 4 nitrogen and oxygen atoms in total. The molecule has 0 aliphatic heterocycles. The van der Waals surface area contributed by atoms with E-state index in [2.05, 4.69) is 0 Å². The standard InChI is InChI=1S/C14H16O4/c1-2-3-9-13(15)18-12(14(16)17)10-11-7-5-4-6-8-11/h4-8,10H,2-3,9H2,1H3,(H,16,17). The smallest absolute Gasteiger partial charge is 0.371 e. The van der Waals surface area contributed by atoms with Crippen LogP contribution in [0.4, 0.5) is 0 Å². The average Bonchev–Trinajstić information content (AvgIpc) is 2.36. The van der Waals surface area contributed by atoms with Gasteiger partial charge in [-0.1, -0.05) is 43.7 Å². The van der Waals surface area contributed by atoms with Gasteiger partial charge < -0.3 is 9.84 Å². The Morgan fingerprint density at radius 1 is 1.28 bits per heavy atom. The quantitative estimate of drug-likeness (QED) is 0.477. The van der Waals surface area contributed by atoms with Crippen LogP contribution in [-0.4, -0.2) is 17.0 Å². The number of carboxylic acid groups (broad SMARTS) is 1. The number of carbonyl (C=O) groups is 2. The first-order chi connectivity index (χ1) is 8.63. The Bertz CT molecular complexity index is 434. The molecule has 0 saturated carbocycles. The van der Waals surface area contributed by atoms with Gasteiger partial charge >= 0.3 is 11.9 Å². The van der Waals surface area contributed by atoms with Crippen LogP contribution in [0.3, 0.4) is 0 Å². The second-order valence-corrected chi connectivity index (χ2v) is 3.80. The second kappa shape index (κ2) is 7.27. The van der Waals surface area contributed by atoms with Crippen LogP contribution in [-0.2, 0) is 14.3 Å².